The zero-order chi connectivity index (χ0) is 17.0. The molecule has 1 saturated heterocycles. The van der Waals surface area contributed by atoms with E-state index in [2.05, 4.69) is 5.32 Å². The molecule has 7 nitrogen and oxygen atoms in total. The van der Waals surface area contributed by atoms with Crippen molar-refractivity contribution in [1.82, 2.24) is 4.31 Å². The summed E-state index contributed by atoms with van der Waals surface area (Å²) in [7, 11) is -3.18. The van der Waals surface area contributed by atoms with Gasteiger partial charge >= 0.3 is 5.97 Å². The Kier molecular flexibility index (Phi) is 5.38. The van der Waals surface area contributed by atoms with E-state index in [1.165, 1.54) is 4.31 Å². The first-order valence-corrected chi connectivity index (χ1v) is 9.01. The van der Waals surface area contributed by atoms with Crippen molar-refractivity contribution in [3.8, 4) is 0 Å². The summed E-state index contributed by atoms with van der Waals surface area (Å²) in [6, 6.07) is 6.58. The van der Waals surface area contributed by atoms with Crippen molar-refractivity contribution in [1.29, 1.82) is 0 Å². The van der Waals surface area contributed by atoms with Crippen LogP contribution < -0.4 is 5.32 Å². The van der Waals surface area contributed by atoms with Crippen molar-refractivity contribution in [3.63, 3.8) is 0 Å². The Bertz CT molecular complexity index is 684. The van der Waals surface area contributed by atoms with Crippen LogP contribution in [0.25, 0.3) is 0 Å². The van der Waals surface area contributed by atoms with Crippen molar-refractivity contribution in [2.45, 2.75) is 25.7 Å². The van der Waals surface area contributed by atoms with Gasteiger partial charge in [0.1, 0.15) is 0 Å². The third-order valence-electron chi connectivity index (χ3n) is 3.86. The molecule has 8 heteroatoms. The van der Waals surface area contributed by atoms with E-state index in [-0.39, 0.29) is 24.6 Å². The first-order chi connectivity index (χ1) is 10.8. The van der Waals surface area contributed by atoms with Crippen LogP contribution in [-0.4, -0.2) is 48.5 Å². The maximum atomic E-state index is 11.9. The predicted molar refractivity (Wildman–Crippen MR) is 85.7 cm³/mol. The molecule has 0 bridgehead atoms. The number of rotatable bonds is 6. The normalized spacial score (nSPS) is 18.5. The molecule has 1 aliphatic rings. The van der Waals surface area contributed by atoms with E-state index in [1.807, 2.05) is 0 Å². The molecule has 0 aliphatic carbocycles. The lowest BCUT2D eigenvalue weighted by Crippen LogP contribution is -2.29. The molecule has 1 aromatic carbocycles. The second kappa shape index (κ2) is 7.10. The molecule has 2 N–H and O–H groups in total. The number of nitrogens with one attached hydrogen (secondary N) is 1. The Morgan fingerprint density at radius 2 is 1.96 bits per heavy atom. The third-order valence-corrected chi connectivity index (χ3v) is 5.81. The summed E-state index contributed by atoms with van der Waals surface area (Å²) in [6.07, 6.45) is 0.694. The van der Waals surface area contributed by atoms with Gasteiger partial charge in [-0.2, -0.15) is 0 Å². The number of aliphatic carboxylic acids is 1. The number of sulfonamides is 1. The summed E-state index contributed by atoms with van der Waals surface area (Å²) >= 11 is 0. The van der Waals surface area contributed by atoms with Gasteiger partial charge in [0.2, 0.25) is 15.9 Å². The van der Waals surface area contributed by atoms with Crippen LogP contribution in [0, 0.1) is 0 Å². The zero-order valence-electron chi connectivity index (χ0n) is 12.9. The minimum absolute atomic E-state index is 0.0898. The number of carboxylic acid groups (broad SMARTS) is 1. The van der Waals surface area contributed by atoms with Crippen LogP contribution in [0.3, 0.4) is 0 Å². The van der Waals surface area contributed by atoms with Crippen LogP contribution in [0.5, 0.6) is 0 Å². The second-order valence-electron chi connectivity index (χ2n) is 5.55. The molecule has 126 valence electrons. The molecule has 1 fully saturated rings. The van der Waals surface area contributed by atoms with Gasteiger partial charge in [0.05, 0.1) is 11.7 Å². The van der Waals surface area contributed by atoms with Crippen molar-refractivity contribution < 1.29 is 23.1 Å². The van der Waals surface area contributed by atoms with E-state index in [0.29, 0.717) is 24.2 Å². The average molecular weight is 340 g/mol. The molecule has 1 heterocycles. The standard InChI is InChI=1S/C15H20N2O5S/c1-11(15(19)20)12-3-5-13(6-4-12)16-14(18)7-9-17-8-2-10-23(17,21)22/h3-6,11H,2,7-10H2,1H3,(H,16,18)(H,19,20). The molecule has 0 spiro atoms. The van der Waals surface area contributed by atoms with Crippen LogP contribution in [0.4, 0.5) is 5.69 Å². The fraction of sp³-hybridized carbons (Fsp3) is 0.467. The molecule has 1 aliphatic heterocycles. The number of carbonyl (C=O) groups is 2. The highest BCUT2D eigenvalue weighted by molar-refractivity contribution is 7.89. The molecular formula is C15H20N2O5S. The first-order valence-electron chi connectivity index (χ1n) is 7.40. The molecule has 23 heavy (non-hydrogen) atoms. The summed E-state index contributed by atoms with van der Waals surface area (Å²) in [5.74, 6) is -1.64. The van der Waals surface area contributed by atoms with E-state index in [9.17, 15) is 18.0 Å². The molecule has 0 radical (unpaired) electrons. The molecule has 0 aromatic heterocycles. The van der Waals surface area contributed by atoms with Crippen molar-refractivity contribution in [3.05, 3.63) is 29.8 Å². The number of carbonyl (C=O) groups excluding carboxylic acids is 1. The van der Waals surface area contributed by atoms with Crippen molar-refractivity contribution in [2.75, 3.05) is 24.2 Å². The second-order valence-corrected chi connectivity index (χ2v) is 7.64. The van der Waals surface area contributed by atoms with Crippen LogP contribution in [0.2, 0.25) is 0 Å². The van der Waals surface area contributed by atoms with E-state index in [4.69, 9.17) is 5.11 Å². The van der Waals surface area contributed by atoms with Gasteiger partial charge < -0.3 is 10.4 Å². The quantitative estimate of drug-likeness (QED) is 0.811. The summed E-state index contributed by atoms with van der Waals surface area (Å²) in [6.45, 7) is 2.24. The molecule has 2 rings (SSSR count). The molecule has 1 atom stereocenters. The van der Waals surface area contributed by atoms with Crippen LogP contribution >= 0.6 is 0 Å². The van der Waals surface area contributed by atoms with E-state index < -0.39 is 21.9 Å². The number of anilines is 1. The lowest BCUT2D eigenvalue weighted by Gasteiger charge is -2.14. The van der Waals surface area contributed by atoms with Crippen LogP contribution in [-0.2, 0) is 19.6 Å². The summed E-state index contributed by atoms with van der Waals surface area (Å²) in [5, 5.41) is 11.6. The summed E-state index contributed by atoms with van der Waals surface area (Å²) in [5.41, 5.74) is 1.21. The number of hydrogen-bond donors (Lipinski definition) is 2. The fourth-order valence-electron chi connectivity index (χ4n) is 2.39. The monoisotopic (exact) mass is 340 g/mol. The summed E-state index contributed by atoms with van der Waals surface area (Å²) in [4.78, 5) is 22.8. The molecule has 1 amide bonds. The SMILES string of the molecule is CC(C(=O)O)c1ccc(NC(=O)CCN2CCCS2(=O)=O)cc1. The highest BCUT2D eigenvalue weighted by atomic mass is 32.2. The van der Waals surface area contributed by atoms with Crippen LogP contribution in [0.15, 0.2) is 24.3 Å². The number of benzene rings is 1. The molecular weight excluding hydrogens is 320 g/mol. The third kappa shape index (κ3) is 4.52. The van der Waals surface area contributed by atoms with Gasteiger partial charge in [0.15, 0.2) is 0 Å². The molecule has 0 saturated carbocycles. The Morgan fingerprint density at radius 1 is 1.30 bits per heavy atom. The Morgan fingerprint density at radius 3 is 2.48 bits per heavy atom. The van der Waals surface area contributed by atoms with E-state index >= 15 is 0 Å². The van der Waals surface area contributed by atoms with Gasteiger partial charge in [-0.15, -0.1) is 0 Å². The maximum absolute atomic E-state index is 11.9. The number of carboxylic acids is 1. The molecule has 1 unspecified atom stereocenters. The van der Waals surface area contributed by atoms with Gasteiger partial charge in [-0.05, 0) is 31.0 Å². The van der Waals surface area contributed by atoms with E-state index in [0.717, 1.165) is 0 Å². The van der Waals surface area contributed by atoms with Crippen molar-refractivity contribution in [2.24, 2.45) is 0 Å². The van der Waals surface area contributed by atoms with Gasteiger partial charge in [0.25, 0.3) is 0 Å². The van der Waals surface area contributed by atoms with Crippen molar-refractivity contribution >= 4 is 27.6 Å². The largest absolute Gasteiger partial charge is 0.481 e. The predicted octanol–water partition coefficient (Wildman–Crippen LogP) is 1.24. The minimum Gasteiger partial charge on any atom is -0.481 e. The average Bonchev–Trinajstić information content (AvgIpc) is 2.83. The smallest absolute Gasteiger partial charge is 0.310 e. The number of amides is 1. The lowest BCUT2D eigenvalue weighted by molar-refractivity contribution is -0.138. The zero-order valence-corrected chi connectivity index (χ0v) is 13.7. The number of hydrogen-bond acceptors (Lipinski definition) is 4. The fourth-order valence-corrected chi connectivity index (χ4v) is 3.92. The maximum Gasteiger partial charge on any atom is 0.310 e. The van der Waals surface area contributed by atoms with Gasteiger partial charge in [0, 0.05) is 25.2 Å². The van der Waals surface area contributed by atoms with Gasteiger partial charge in [-0.3, -0.25) is 9.59 Å². The van der Waals surface area contributed by atoms with Gasteiger partial charge in [-0.25, -0.2) is 12.7 Å². The minimum atomic E-state index is -3.18. The first kappa shape index (κ1) is 17.4. The number of nitrogens with zero attached hydrogens (tertiary/aromatic N) is 1. The van der Waals surface area contributed by atoms with Gasteiger partial charge in [-0.1, -0.05) is 12.1 Å². The highest BCUT2D eigenvalue weighted by Crippen LogP contribution is 2.18. The lowest BCUT2D eigenvalue weighted by atomic mass is 10.0. The Hall–Kier alpha value is -1.93. The van der Waals surface area contributed by atoms with E-state index in [1.54, 1.807) is 31.2 Å². The van der Waals surface area contributed by atoms with Crippen LogP contribution in [0.1, 0.15) is 31.2 Å². The summed E-state index contributed by atoms with van der Waals surface area (Å²) < 4.78 is 24.6. The highest BCUT2D eigenvalue weighted by Gasteiger charge is 2.28. The molecule has 1 aromatic rings. The Labute approximate surface area is 135 Å². The topological polar surface area (TPSA) is 104 Å². The Balaban J connectivity index is 1.87.